The first kappa shape index (κ1) is 17.7. The molecule has 1 aliphatic rings. The smallest absolute Gasteiger partial charge is 0.217 e. The molecule has 0 aromatic rings. The third-order valence-electron chi connectivity index (χ3n) is 3.87. The highest BCUT2D eigenvalue weighted by Crippen LogP contribution is 2.26. The molecule has 0 aromatic carbocycles. The normalized spacial score (nSPS) is 25.4. The molecule has 0 radical (unpaired) electrons. The zero-order valence-electron chi connectivity index (χ0n) is 13.5. The topological polar surface area (TPSA) is 73.6 Å². The van der Waals surface area contributed by atoms with Crippen LogP contribution in [0.2, 0.25) is 0 Å². The highest BCUT2D eigenvalue weighted by atomic mass is 16.5. The number of carbonyl (C=O) groups excluding carboxylic acids is 1. The van der Waals surface area contributed by atoms with Crippen molar-refractivity contribution in [1.82, 2.24) is 5.32 Å². The van der Waals surface area contributed by atoms with Crippen LogP contribution in [0.3, 0.4) is 0 Å². The molecule has 1 rings (SSSR count). The molecular weight excluding hydrogens is 268 g/mol. The molecule has 5 heteroatoms. The second-order valence-electron chi connectivity index (χ2n) is 5.45. The van der Waals surface area contributed by atoms with E-state index in [1.807, 2.05) is 6.08 Å². The van der Waals surface area contributed by atoms with E-state index in [1.165, 1.54) is 6.92 Å². The summed E-state index contributed by atoms with van der Waals surface area (Å²) >= 11 is 0. The second kappa shape index (κ2) is 8.20. The number of methoxy groups -OCH3 is 1. The summed E-state index contributed by atoms with van der Waals surface area (Å²) in [6.45, 7) is 9.55. The average molecular weight is 296 g/mol. The van der Waals surface area contributed by atoms with Gasteiger partial charge in [-0.2, -0.15) is 0 Å². The molecule has 3 N–H and O–H groups in total. The van der Waals surface area contributed by atoms with E-state index < -0.39 is 0 Å². The SMILES string of the molecule is C=C(OC)C1=C[C@@H](OC(CC)CC)[C@H](NC(C)=O)[C@@H](N)C1. The number of amides is 1. The maximum absolute atomic E-state index is 11.4. The van der Waals surface area contributed by atoms with Crippen molar-refractivity contribution < 1.29 is 14.3 Å². The standard InChI is InChI=1S/C16H28N2O3/c1-6-13(7-2)21-15-9-12(10(3)20-5)8-14(17)16(15)18-11(4)19/h9,13-16H,3,6-8,17H2,1-2,4-5H3,(H,18,19)/t14-,15+,16+/m0/s1. The molecule has 0 heterocycles. The van der Waals surface area contributed by atoms with E-state index in [0.29, 0.717) is 12.2 Å². The van der Waals surface area contributed by atoms with Crippen molar-refractivity contribution in [2.24, 2.45) is 5.73 Å². The summed E-state index contributed by atoms with van der Waals surface area (Å²) in [6.07, 6.45) is 4.32. The molecule has 120 valence electrons. The molecule has 1 aliphatic carbocycles. The van der Waals surface area contributed by atoms with E-state index in [1.54, 1.807) is 7.11 Å². The molecule has 5 nitrogen and oxygen atoms in total. The minimum absolute atomic E-state index is 0.101. The van der Waals surface area contributed by atoms with Gasteiger partial charge in [-0.05, 0) is 30.9 Å². The fraction of sp³-hybridized carbons (Fsp3) is 0.688. The summed E-state index contributed by atoms with van der Waals surface area (Å²) in [4.78, 5) is 11.4. The lowest BCUT2D eigenvalue weighted by molar-refractivity contribution is -0.121. The molecule has 0 aliphatic heterocycles. The number of rotatable bonds is 7. The summed E-state index contributed by atoms with van der Waals surface area (Å²) in [6, 6.07) is -0.448. The minimum Gasteiger partial charge on any atom is -0.497 e. The Kier molecular flexibility index (Phi) is 6.92. The van der Waals surface area contributed by atoms with Gasteiger partial charge < -0.3 is 20.5 Å². The van der Waals surface area contributed by atoms with Crippen LogP contribution in [0.15, 0.2) is 24.0 Å². The van der Waals surface area contributed by atoms with Crippen LogP contribution in [0, 0.1) is 0 Å². The van der Waals surface area contributed by atoms with Crippen molar-refractivity contribution in [3.8, 4) is 0 Å². The van der Waals surface area contributed by atoms with E-state index in [9.17, 15) is 4.79 Å². The zero-order valence-corrected chi connectivity index (χ0v) is 13.5. The van der Waals surface area contributed by atoms with Crippen LogP contribution in [0.25, 0.3) is 0 Å². The maximum Gasteiger partial charge on any atom is 0.217 e. The van der Waals surface area contributed by atoms with Crippen molar-refractivity contribution in [3.63, 3.8) is 0 Å². The predicted octanol–water partition coefficient (Wildman–Crippen LogP) is 1.88. The fourth-order valence-corrected chi connectivity index (χ4v) is 2.58. The van der Waals surface area contributed by atoms with Crippen molar-refractivity contribution in [2.45, 2.75) is 64.3 Å². The monoisotopic (exact) mass is 296 g/mol. The number of nitrogens with one attached hydrogen (secondary N) is 1. The van der Waals surface area contributed by atoms with Gasteiger partial charge in [0, 0.05) is 13.0 Å². The lowest BCUT2D eigenvalue weighted by Crippen LogP contribution is -2.56. The van der Waals surface area contributed by atoms with Crippen LogP contribution < -0.4 is 11.1 Å². The summed E-state index contributed by atoms with van der Waals surface area (Å²) in [5.41, 5.74) is 7.17. The van der Waals surface area contributed by atoms with Gasteiger partial charge >= 0.3 is 0 Å². The van der Waals surface area contributed by atoms with E-state index in [4.69, 9.17) is 15.2 Å². The van der Waals surface area contributed by atoms with Crippen LogP contribution in [0.5, 0.6) is 0 Å². The molecule has 0 saturated carbocycles. The second-order valence-corrected chi connectivity index (χ2v) is 5.45. The Labute approximate surface area is 127 Å². The number of hydrogen-bond acceptors (Lipinski definition) is 4. The number of nitrogens with two attached hydrogens (primary N) is 1. The lowest BCUT2D eigenvalue weighted by atomic mass is 9.87. The predicted molar refractivity (Wildman–Crippen MR) is 83.7 cm³/mol. The van der Waals surface area contributed by atoms with E-state index >= 15 is 0 Å². The fourth-order valence-electron chi connectivity index (χ4n) is 2.58. The van der Waals surface area contributed by atoms with Crippen LogP contribution in [-0.2, 0) is 14.3 Å². The number of carbonyl (C=O) groups is 1. The Balaban J connectivity index is 2.99. The van der Waals surface area contributed by atoms with Crippen LogP contribution >= 0.6 is 0 Å². The summed E-state index contributed by atoms with van der Waals surface area (Å²) in [5, 5.41) is 2.91. The van der Waals surface area contributed by atoms with Crippen molar-refractivity contribution in [1.29, 1.82) is 0 Å². The Morgan fingerprint density at radius 3 is 2.62 bits per heavy atom. The Morgan fingerprint density at radius 2 is 2.14 bits per heavy atom. The zero-order chi connectivity index (χ0) is 16.0. The van der Waals surface area contributed by atoms with E-state index in [0.717, 1.165) is 18.4 Å². The first-order valence-corrected chi connectivity index (χ1v) is 7.54. The molecule has 21 heavy (non-hydrogen) atoms. The highest BCUT2D eigenvalue weighted by molar-refractivity contribution is 5.73. The molecule has 0 saturated heterocycles. The first-order valence-electron chi connectivity index (χ1n) is 7.54. The van der Waals surface area contributed by atoms with Crippen molar-refractivity contribution in [2.75, 3.05) is 7.11 Å². The quantitative estimate of drug-likeness (QED) is 0.704. The van der Waals surface area contributed by atoms with Crippen molar-refractivity contribution >= 4 is 5.91 Å². The molecule has 0 aromatic heterocycles. The first-order chi connectivity index (χ1) is 9.92. The lowest BCUT2D eigenvalue weighted by Gasteiger charge is -2.37. The molecule has 1 amide bonds. The summed E-state index contributed by atoms with van der Waals surface area (Å²) < 4.78 is 11.3. The number of ether oxygens (including phenoxy) is 2. The van der Waals surface area contributed by atoms with Gasteiger partial charge in [-0.1, -0.05) is 20.4 Å². The Hall–Kier alpha value is -1.33. The van der Waals surface area contributed by atoms with Gasteiger partial charge in [-0.15, -0.1) is 0 Å². The van der Waals surface area contributed by atoms with Gasteiger partial charge in [0.05, 0.1) is 25.4 Å². The average Bonchev–Trinajstić information content (AvgIpc) is 2.46. The maximum atomic E-state index is 11.4. The molecule has 0 spiro atoms. The number of allylic oxidation sites excluding steroid dienone is 1. The third kappa shape index (κ3) is 4.86. The molecule has 0 fully saturated rings. The minimum atomic E-state index is -0.260. The Bertz CT molecular complexity index is 402. The van der Waals surface area contributed by atoms with E-state index in [2.05, 4.69) is 25.7 Å². The van der Waals surface area contributed by atoms with Gasteiger partial charge in [0.1, 0.15) is 5.76 Å². The largest absolute Gasteiger partial charge is 0.497 e. The van der Waals surface area contributed by atoms with Gasteiger partial charge in [0.25, 0.3) is 0 Å². The van der Waals surface area contributed by atoms with Crippen LogP contribution in [0.4, 0.5) is 0 Å². The summed E-state index contributed by atoms with van der Waals surface area (Å²) in [7, 11) is 1.59. The molecule has 0 bridgehead atoms. The molecular formula is C16H28N2O3. The Morgan fingerprint density at radius 1 is 1.52 bits per heavy atom. The van der Waals surface area contributed by atoms with E-state index in [-0.39, 0.29) is 30.2 Å². The molecule has 0 unspecified atom stereocenters. The summed E-state index contributed by atoms with van der Waals surface area (Å²) in [5.74, 6) is 0.501. The highest BCUT2D eigenvalue weighted by Gasteiger charge is 2.34. The third-order valence-corrected chi connectivity index (χ3v) is 3.87. The van der Waals surface area contributed by atoms with Crippen molar-refractivity contribution in [3.05, 3.63) is 24.0 Å². The van der Waals surface area contributed by atoms with Gasteiger partial charge in [-0.3, -0.25) is 4.79 Å². The van der Waals surface area contributed by atoms with Gasteiger partial charge in [0.15, 0.2) is 0 Å². The molecule has 3 atom stereocenters. The number of hydrogen-bond donors (Lipinski definition) is 2. The van der Waals surface area contributed by atoms with Gasteiger partial charge in [-0.25, -0.2) is 0 Å². The van der Waals surface area contributed by atoms with Crippen LogP contribution in [0.1, 0.15) is 40.0 Å². The van der Waals surface area contributed by atoms with Crippen LogP contribution in [-0.4, -0.2) is 37.3 Å². The van der Waals surface area contributed by atoms with Gasteiger partial charge in [0.2, 0.25) is 5.91 Å².